The van der Waals surface area contributed by atoms with E-state index in [4.69, 9.17) is 42.3 Å². The van der Waals surface area contributed by atoms with Gasteiger partial charge in [-0.25, -0.2) is 24.1 Å². The number of imidazole rings is 1. The first-order valence-corrected chi connectivity index (χ1v) is 21.1. The van der Waals surface area contributed by atoms with Gasteiger partial charge in [0.2, 0.25) is 17.6 Å². The molecule has 5 rings (SSSR count). The van der Waals surface area contributed by atoms with Crippen molar-refractivity contribution >= 4 is 44.4 Å². The number of aromatic nitrogens is 4. The topological polar surface area (TPSA) is 382 Å². The molecule has 0 saturated carbocycles. The molecule has 3 aromatic rings. The van der Waals surface area contributed by atoms with Crippen LogP contribution in [0.25, 0.3) is 11.2 Å². The zero-order valence-corrected chi connectivity index (χ0v) is 33.6. The summed E-state index contributed by atoms with van der Waals surface area (Å²) in [5.41, 5.74) is 13.8. The number of ether oxygens (including phenoxy) is 2. The third-order valence-corrected chi connectivity index (χ3v) is 12.3. The smallest absolute Gasteiger partial charge is 0.387 e. The van der Waals surface area contributed by atoms with Crippen molar-refractivity contribution in [1.29, 1.82) is 0 Å². The molecule has 60 heavy (non-hydrogen) atoms. The Balaban J connectivity index is 1.16. The molecule has 7 unspecified atom stereocenters. The number of aliphatic hydroxyl groups is 4. The summed E-state index contributed by atoms with van der Waals surface area (Å²) in [7, 11) is -10.9. The largest absolute Gasteiger partial charge is 0.481 e. The molecular weight excluding hydrogens is 836 g/mol. The highest BCUT2D eigenvalue weighted by Gasteiger charge is 2.48. The Morgan fingerprint density at radius 3 is 2.33 bits per heavy atom. The normalized spacial score (nSPS) is 26.9. The summed E-state index contributed by atoms with van der Waals surface area (Å²) in [5.74, 6) is 12.3. The van der Waals surface area contributed by atoms with Crippen molar-refractivity contribution in [2.45, 2.75) is 87.1 Å². The van der Waals surface area contributed by atoms with E-state index in [-0.39, 0.29) is 52.8 Å². The minimum absolute atomic E-state index is 0.00725. The molecule has 11 atom stereocenters. The average molecular weight is 882 g/mol. The maximum atomic E-state index is 12.7. The maximum absolute atomic E-state index is 12.7. The van der Waals surface area contributed by atoms with Crippen LogP contribution >= 0.6 is 15.6 Å². The fourth-order valence-corrected chi connectivity index (χ4v) is 8.47. The lowest BCUT2D eigenvalue weighted by Gasteiger charge is -2.30. The Bertz CT molecular complexity index is 2240. The first-order chi connectivity index (χ1) is 28.3. The number of phosphoric acid groups is 2. The van der Waals surface area contributed by atoms with Gasteiger partial charge in [0.15, 0.2) is 17.7 Å². The molecule has 2 aliphatic rings. The second kappa shape index (κ2) is 19.5. The van der Waals surface area contributed by atoms with Gasteiger partial charge >= 0.3 is 15.6 Å². The lowest BCUT2D eigenvalue weighted by Crippen LogP contribution is -2.51. The van der Waals surface area contributed by atoms with E-state index in [0.29, 0.717) is 19.3 Å². The highest BCUT2D eigenvalue weighted by atomic mass is 31.3. The monoisotopic (exact) mass is 881 g/mol. The molecule has 0 radical (unpaired) electrons. The number of carbonyl (C=O) groups excluding carboxylic acids is 2. The predicted octanol–water partition coefficient (Wildman–Crippen LogP) is -1.88. The number of rotatable bonds is 18. The van der Waals surface area contributed by atoms with E-state index in [0.717, 1.165) is 0 Å². The molecule has 26 heteroatoms. The van der Waals surface area contributed by atoms with Crippen molar-refractivity contribution in [3.63, 3.8) is 0 Å². The highest BCUT2D eigenvalue weighted by Crippen LogP contribution is 2.61. The van der Waals surface area contributed by atoms with Crippen LogP contribution < -0.4 is 28.1 Å². The molecule has 14 N–H and O–H groups in total. The van der Waals surface area contributed by atoms with Gasteiger partial charge in [0.05, 0.1) is 26.1 Å². The van der Waals surface area contributed by atoms with Crippen LogP contribution in [0, 0.1) is 24.2 Å². The number of anilines is 1. The molecule has 24 nitrogen and oxygen atoms in total. The number of primary amides is 1. The van der Waals surface area contributed by atoms with Crippen LogP contribution in [-0.2, 0) is 36.8 Å². The number of amides is 2. The Morgan fingerprint density at radius 1 is 1.03 bits per heavy atom. The number of carbonyl (C=O) groups is 2. The highest BCUT2D eigenvalue weighted by molar-refractivity contribution is 7.61. The first kappa shape index (κ1) is 46.6. The number of hydrogen-bond donors (Lipinski definition) is 11. The minimum atomic E-state index is -5.47. The van der Waals surface area contributed by atoms with Crippen LogP contribution in [0.3, 0.4) is 0 Å². The van der Waals surface area contributed by atoms with E-state index >= 15 is 0 Å². The molecule has 2 aromatic heterocycles. The third kappa shape index (κ3) is 11.1. The van der Waals surface area contributed by atoms with Gasteiger partial charge in [-0.3, -0.25) is 34.5 Å². The summed E-state index contributed by atoms with van der Waals surface area (Å²) in [6.07, 6.45) is -4.29. The van der Waals surface area contributed by atoms with Crippen molar-refractivity contribution in [1.82, 2.24) is 30.3 Å². The van der Waals surface area contributed by atoms with E-state index in [1.165, 1.54) is 35.2 Å². The van der Waals surface area contributed by atoms with Gasteiger partial charge < -0.3 is 56.5 Å². The summed E-state index contributed by atoms with van der Waals surface area (Å²) < 4.78 is 51.6. The molecule has 0 aliphatic carbocycles. The first-order valence-electron chi connectivity index (χ1n) is 18.1. The average Bonchev–Trinajstić information content (AvgIpc) is 3.85. The number of benzene rings is 1. The zero-order chi connectivity index (χ0) is 44.0. The minimum Gasteiger partial charge on any atom is -0.387 e. The molecule has 2 aliphatic heterocycles. The van der Waals surface area contributed by atoms with Crippen LogP contribution in [0.1, 0.15) is 66.7 Å². The summed E-state index contributed by atoms with van der Waals surface area (Å²) in [4.78, 5) is 57.1. The van der Waals surface area contributed by atoms with Gasteiger partial charge in [-0.1, -0.05) is 25.0 Å². The summed E-state index contributed by atoms with van der Waals surface area (Å²) in [5, 5.41) is 45.2. The van der Waals surface area contributed by atoms with Crippen molar-refractivity contribution < 1.29 is 71.8 Å². The lowest BCUT2D eigenvalue weighted by molar-refractivity contribution is -0.122. The number of nitrogens with two attached hydrogens (primary N) is 3. The van der Waals surface area contributed by atoms with Crippen molar-refractivity contribution in [3.8, 4) is 24.2 Å². The fraction of sp³-hybridized carbons (Fsp3) is 0.500. The van der Waals surface area contributed by atoms with Crippen LogP contribution in [0.4, 0.5) is 5.82 Å². The number of hydrogen-bond acceptors (Lipinski definition) is 19. The van der Waals surface area contributed by atoms with Gasteiger partial charge in [0.25, 0.3) is 0 Å². The van der Waals surface area contributed by atoms with Gasteiger partial charge in [-0.15, -0.1) is 12.3 Å². The SMILES string of the molecule is C#CCCC(CC)(CC(=O)NCC#Cc1nc(N)c2ncn([C@H]3O[C@@H](COP(=O)(O)OP(=O)(O)OC[C@H]4O[C@@H](c5cccc(C(N)=O)c5)C(O)C4O)C(O)C3O)c2n1)NN. The number of nitrogen functional groups attached to an aromatic ring is 1. The van der Waals surface area contributed by atoms with Crippen molar-refractivity contribution in [2.75, 3.05) is 25.5 Å². The summed E-state index contributed by atoms with van der Waals surface area (Å²) in [6, 6.07) is 5.67. The molecule has 2 fully saturated rings. The number of hydrazine groups is 1. The van der Waals surface area contributed by atoms with E-state index in [2.05, 4.69) is 47.8 Å². The maximum Gasteiger partial charge on any atom is 0.481 e. The number of aliphatic hydroxyl groups excluding tert-OH is 4. The van der Waals surface area contributed by atoms with E-state index in [1.54, 1.807) is 0 Å². The Hall–Kier alpha value is -4.43. The number of phosphoric ester groups is 2. The second-order valence-corrected chi connectivity index (χ2v) is 16.8. The number of fused-ring (bicyclic) bond motifs is 1. The molecule has 2 amide bonds. The Kier molecular flexibility index (Phi) is 15.2. The Labute approximate surface area is 341 Å². The predicted molar refractivity (Wildman–Crippen MR) is 206 cm³/mol. The molecule has 0 spiro atoms. The van der Waals surface area contributed by atoms with Crippen molar-refractivity contribution in [2.24, 2.45) is 11.6 Å². The lowest BCUT2D eigenvalue weighted by atomic mass is 9.87. The Morgan fingerprint density at radius 2 is 1.70 bits per heavy atom. The van der Waals surface area contributed by atoms with Gasteiger partial charge in [-0.05, 0) is 36.5 Å². The van der Waals surface area contributed by atoms with Crippen LogP contribution in [0.15, 0.2) is 30.6 Å². The van der Waals surface area contributed by atoms with Gasteiger partial charge in [0, 0.05) is 23.9 Å². The standard InChI is InChI=1S/C34H45N9O15P2/c1-3-5-11-34(4-2,42-37)14-23(44)38-12-7-10-22-40-30(35)24-32(41-22)43(17-39-24)33-28(48)26(46)21(57-33)16-55-60(52,53)58-59(50,51)54-15-20-25(45)27(47)29(56-20)18-8-6-9-19(13-18)31(36)49/h1,6,8-9,13,17,20-21,25-29,33,42,45-48H,4-5,11-12,14-16,37H2,2H3,(H2,36,49)(H,38,44)(H,50,51)(H,52,53)(H2,35,40,41)/t20-,21+,25?,26?,27?,28?,29+,33+,34?/m1/s1. The van der Waals surface area contributed by atoms with E-state index in [1.807, 2.05) is 6.92 Å². The quantitative estimate of drug-likeness (QED) is 0.0288. The van der Waals surface area contributed by atoms with Gasteiger partial charge in [-0.2, -0.15) is 4.31 Å². The number of nitrogens with one attached hydrogen (secondary N) is 2. The second-order valence-electron chi connectivity index (χ2n) is 13.7. The molecule has 1 aromatic carbocycles. The number of terminal acetylenes is 1. The molecule has 0 bridgehead atoms. The molecule has 326 valence electrons. The number of nitrogens with zero attached hydrogens (tertiary/aromatic N) is 4. The van der Waals surface area contributed by atoms with Crippen LogP contribution in [0.5, 0.6) is 0 Å². The van der Waals surface area contributed by atoms with E-state index < -0.39 is 89.3 Å². The van der Waals surface area contributed by atoms with Gasteiger partial charge in [0.1, 0.15) is 48.2 Å². The zero-order valence-electron chi connectivity index (χ0n) is 31.8. The summed E-state index contributed by atoms with van der Waals surface area (Å²) in [6.45, 7) is -0.110. The fourth-order valence-electron chi connectivity index (χ4n) is 6.38. The van der Waals surface area contributed by atoms with Crippen LogP contribution in [-0.4, -0.2) is 123 Å². The third-order valence-electron chi connectivity index (χ3n) is 9.74. The van der Waals surface area contributed by atoms with E-state index in [9.17, 15) is 48.9 Å². The summed E-state index contributed by atoms with van der Waals surface area (Å²) >= 11 is 0. The molecule has 2 saturated heterocycles. The van der Waals surface area contributed by atoms with Crippen molar-refractivity contribution in [3.05, 3.63) is 47.5 Å². The van der Waals surface area contributed by atoms with Crippen LogP contribution in [0.2, 0.25) is 0 Å². The molecular formula is C34H45N9O15P2. The molecule has 4 heterocycles.